The Bertz CT molecular complexity index is 1570. The second kappa shape index (κ2) is 12.1. The van der Waals surface area contributed by atoms with Crippen LogP contribution in [0.2, 0.25) is 0 Å². The molecule has 0 bridgehead atoms. The van der Waals surface area contributed by atoms with Crippen molar-refractivity contribution in [1.82, 2.24) is 5.32 Å². The van der Waals surface area contributed by atoms with Gasteiger partial charge in [0.25, 0.3) is 17.5 Å². The normalized spacial score (nSPS) is 14.2. The minimum absolute atomic E-state index is 0.0332. The molecule has 0 unspecified atom stereocenters. The number of anilines is 1. The van der Waals surface area contributed by atoms with Crippen LogP contribution in [0.25, 0.3) is 6.08 Å². The van der Waals surface area contributed by atoms with E-state index in [1.165, 1.54) is 42.5 Å². The van der Waals surface area contributed by atoms with Gasteiger partial charge in [-0.25, -0.2) is 4.79 Å². The van der Waals surface area contributed by atoms with Gasteiger partial charge in [0, 0.05) is 16.6 Å². The van der Waals surface area contributed by atoms with Crippen LogP contribution in [0.3, 0.4) is 0 Å². The predicted octanol–water partition coefficient (Wildman–Crippen LogP) is 4.86. The zero-order valence-corrected chi connectivity index (χ0v) is 23.2. The Morgan fingerprint density at radius 1 is 1.12 bits per heavy atom. The molecule has 3 aromatic rings. The SMILES string of the molecule is CCOc1cc(C=C2C(=O)NC(=S)N(c3cccc(C(=O)O)c3)C2=O)c(Br)cc1OCc1ccc([N+](=O)[O-])cc1. The summed E-state index contributed by atoms with van der Waals surface area (Å²) in [6.45, 7) is 2.18. The van der Waals surface area contributed by atoms with E-state index in [2.05, 4.69) is 21.2 Å². The standard InChI is InChI=1S/C27H20BrN3O8S/c1-2-38-22-12-17(21(28)13-23(22)39-14-15-6-8-18(9-7-15)31(36)37)11-20-24(32)29-27(40)30(25(20)33)19-5-3-4-16(10-19)26(34)35/h3-13H,2,14H2,1H3,(H,34,35)(H,29,32,40). The highest BCUT2D eigenvalue weighted by atomic mass is 79.9. The zero-order chi connectivity index (χ0) is 29.0. The Hall–Kier alpha value is -4.62. The topological polar surface area (TPSA) is 148 Å². The number of non-ortho nitro benzene ring substituents is 1. The number of benzene rings is 3. The number of carbonyl (C=O) groups is 3. The lowest BCUT2D eigenvalue weighted by molar-refractivity contribution is -0.384. The molecule has 1 heterocycles. The Labute approximate surface area is 241 Å². The molecule has 1 fully saturated rings. The van der Waals surface area contributed by atoms with Gasteiger partial charge in [-0.3, -0.25) is 29.9 Å². The highest BCUT2D eigenvalue weighted by molar-refractivity contribution is 9.10. The number of aromatic carboxylic acids is 1. The first-order chi connectivity index (χ1) is 19.1. The number of nitrogens with zero attached hydrogens (tertiary/aromatic N) is 2. The molecule has 4 rings (SSSR count). The molecule has 40 heavy (non-hydrogen) atoms. The number of thiocarbonyl (C=S) groups is 1. The van der Waals surface area contributed by atoms with E-state index in [0.29, 0.717) is 33.7 Å². The molecule has 1 saturated heterocycles. The molecule has 0 saturated carbocycles. The number of carboxylic acid groups (broad SMARTS) is 1. The molecule has 1 aliphatic heterocycles. The van der Waals surface area contributed by atoms with Crippen molar-refractivity contribution in [3.05, 3.63) is 97.5 Å². The van der Waals surface area contributed by atoms with E-state index in [0.717, 1.165) is 4.90 Å². The summed E-state index contributed by atoms with van der Waals surface area (Å²) in [5.74, 6) is -1.93. The molecule has 0 aromatic heterocycles. The number of ether oxygens (including phenoxy) is 2. The maximum absolute atomic E-state index is 13.4. The molecule has 13 heteroatoms. The van der Waals surface area contributed by atoms with E-state index in [1.807, 2.05) is 0 Å². The van der Waals surface area contributed by atoms with Gasteiger partial charge in [0.15, 0.2) is 16.6 Å². The van der Waals surface area contributed by atoms with Gasteiger partial charge in [-0.05, 0) is 78.8 Å². The quantitative estimate of drug-likeness (QED) is 0.112. The summed E-state index contributed by atoms with van der Waals surface area (Å²) in [6, 6.07) is 14.8. The van der Waals surface area contributed by atoms with Crippen molar-refractivity contribution in [2.75, 3.05) is 11.5 Å². The van der Waals surface area contributed by atoms with E-state index < -0.39 is 22.7 Å². The number of nitro benzene ring substituents is 1. The van der Waals surface area contributed by atoms with Crippen molar-refractivity contribution >= 4 is 68.5 Å². The Balaban J connectivity index is 1.64. The summed E-state index contributed by atoms with van der Waals surface area (Å²) >= 11 is 8.64. The minimum atomic E-state index is -1.18. The van der Waals surface area contributed by atoms with Gasteiger partial charge in [-0.2, -0.15) is 0 Å². The summed E-state index contributed by atoms with van der Waals surface area (Å²) in [6.07, 6.45) is 1.36. The summed E-state index contributed by atoms with van der Waals surface area (Å²) in [5, 5.41) is 22.5. The van der Waals surface area contributed by atoms with Gasteiger partial charge >= 0.3 is 5.97 Å². The van der Waals surface area contributed by atoms with Gasteiger partial charge in [-0.15, -0.1) is 0 Å². The summed E-state index contributed by atoms with van der Waals surface area (Å²) in [4.78, 5) is 49.0. The number of halogens is 1. The van der Waals surface area contributed by atoms with Crippen LogP contribution in [0.5, 0.6) is 11.5 Å². The number of carboxylic acids is 1. The third-order valence-corrected chi connectivity index (χ3v) is 6.63. The smallest absolute Gasteiger partial charge is 0.335 e. The number of carbonyl (C=O) groups excluding carboxylic acids is 2. The third kappa shape index (κ3) is 6.16. The van der Waals surface area contributed by atoms with Crippen LogP contribution in [0.4, 0.5) is 11.4 Å². The van der Waals surface area contributed by atoms with Gasteiger partial charge in [0.1, 0.15) is 12.2 Å². The maximum Gasteiger partial charge on any atom is 0.335 e. The van der Waals surface area contributed by atoms with E-state index >= 15 is 0 Å². The van der Waals surface area contributed by atoms with Gasteiger partial charge in [0.2, 0.25) is 0 Å². The molecule has 1 aliphatic rings. The van der Waals surface area contributed by atoms with Crippen LogP contribution < -0.4 is 19.7 Å². The van der Waals surface area contributed by atoms with E-state index in [4.69, 9.17) is 21.7 Å². The summed E-state index contributed by atoms with van der Waals surface area (Å²) in [7, 11) is 0. The lowest BCUT2D eigenvalue weighted by atomic mass is 10.1. The number of nitrogens with one attached hydrogen (secondary N) is 1. The molecular weight excluding hydrogens is 606 g/mol. The van der Waals surface area contributed by atoms with E-state index in [1.54, 1.807) is 31.2 Å². The largest absolute Gasteiger partial charge is 0.490 e. The van der Waals surface area contributed by atoms with Crippen LogP contribution in [-0.4, -0.2) is 39.5 Å². The molecule has 11 nitrogen and oxygen atoms in total. The molecule has 204 valence electrons. The lowest BCUT2D eigenvalue weighted by Crippen LogP contribution is -2.54. The maximum atomic E-state index is 13.4. The second-order valence-electron chi connectivity index (χ2n) is 8.28. The van der Waals surface area contributed by atoms with E-state index in [9.17, 15) is 29.6 Å². The number of rotatable bonds is 9. The molecule has 0 atom stereocenters. The average Bonchev–Trinajstić information content (AvgIpc) is 2.92. The fraction of sp³-hybridized carbons (Fsp3) is 0.111. The lowest BCUT2D eigenvalue weighted by Gasteiger charge is -2.29. The fourth-order valence-corrected chi connectivity index (χ4v) is 4.46. The Morgan fingerprint density at radius 2 is 1.82 bits per heavy atom. The van der Waals surface area contributed by atoms with Crippen LogP contribution in [0, 0.1) is 10.1 Å². The third-order valence-electron chi connectivity index (χ3n) is 5.66. The Kier molecular flexibility index (Phi) is 8.55. The molecule has 0 radical (unpaired) electrons. The molecule has 2 amide bonds. The van der Waals surface area contributed by atoms with E-state index in [-0.39, 0.29) is 34.2 Å². The molecule has 0 spiro atoms. The predicted molar refractivity (Wildman–Crippen MR) is 152 cm³/mol. The first-order valence-electron chi connectivity index (χ1n) is 11.7. The first kappa shape index (κ1) is 28.4. The minimum Gasteiger partial charge on any atom is -0.490 e. The van der Waals surface area contributed by atoms with Crippen LogP contribution in [0.1, 0.15) is 28.4 Å². The van der Waals surface area contributed by atoms with Gasteiger partial charge < -0.3 is 14.6 Å². The number of hydrogen-bond acceptors (Lipinski definition) is 8. The van der Waals surface area contributed by atoms with Crippen molar-refractivity contribution < 1.29 is 33.9 Å². The fourth-order valence-electron chi connectivity index (χ4n) is 3.74. The monoisotopic (exact) mass is 625 g/mol. The van der Waals surface area contributed by atoms with Crippen LogP contribution in [-0.2, 0) is 16.2 Å². The number of nitro groups is 1. The zero-order valence-electron chi connectivity index (χ0n) is 20.8. The average molecular weight is 626 g/mol. The van der Waals surface area contributed by atoms with Gasteiger partial charge in [0.05, 0.1) is 22.8 Å². The molecule has 0 aliphatic carbocycles. The van der Waals surface area contributed by atoms with Crippen molar-refractivity contribution in [1.29, 1.82) is 0 Å². The van der Waals surface area contributed by atoms with Crippen molar-refractivity contribution in [3.8, 4) is 11.5 Å². The van der Waals surface area contributed by atoms with Crippen molar-refractivity contribution in [2.24, 2.45) is 0 Å². The van der Waals surface area contributed by atoms with Crippen molar-refractivity contribution in [3.63, 3.8) is 0 Å². The first-order valence-corrected chi connectivity index (χ1v) is 12.9. The van der Waals surface area contributed by atoms with Crippen LogP contribution >= 0.6 is 28.1 Å². The number of amides is 2. The van der Waals surface area contributed by atoms with Crippen molar-refractivity contribution in [2.45, 2.75) is 13.5 Å². The number of hydrogen-bond donors (Lipinski definition) is 2. The molecule has 2 N–H and O–H groups in total. The molecular formula is C27H20BrN3O8S. The Morgan fingerprint density at radius 3 is 2.48 bits per heavy atom. The highest BCUT2D eigenvalue weighted by Crippen LogP contribution is 2.36. The summed E-state index contributed by atoms with van der Waals surface area (Å²) < 4.78 is 12.1. The van der Waals surface area contributed by atoms with Crippen LogP contribution in [0.15, 0.2) is 70.7 Å². The molecule has 3 aromatic carbocycles. The highest BCUT2D eigenvalue weighted by Gasteiger charge is 2.35. The second-order valence-corrected chi connectivity index (χ2v) is 9.52. The summed E-state index contributed by atoms with van der Waals surface area (Å²) in [5.41, 5.74) is 0.986. The van der Waals surface area contributed by atoms with Gasteiger partial charge in [-0.1, -0.05) is 22.0 Å².